The van der Waals surface area contributed by atoms with Gasteiger partial charge in [-0.15, -0.1) is 0 Å². The van der Waals surface area contributed by atoms with E-state index in [4.69, 9.17) is 9.47 Å². The summed E-state index contributed by atoms with van der Waals surface area (Å²) in [6.45, 7) is 1.29. The summed E-state index contributed by atoms with van der Waals surface area (Å²) in [7, 11) is 1.49. The molecule has 0 aliphatic heterocycles. The van der Waals surface area contributed by atoms with E-state index in [0.29, 0.717) is 11.3 Å². The topological polar surface area (TPSA) is 132 Å². The Balaban J connectivity index is 2.10. The van der Waals surface area contributed by atoms with E-state index in [1.165, 1.54) is 44.4 Å². The Morgan fingerprint density at radius 2 is 1.97 bits per heavy atom. The monoisotopic (exact) mass is 395 g/mol. The molecule has 0 aromatic heterocycles. The second-order valence-electron chi connectivity index (χ2n) is 5.76. The third-order valence-corrected chi connectivity index (χ3v) is 3.76. The fourth-order valence-corrected chi connectivity index (χ4v) is 2.29. The smallest absolute Gasteiger partial charge is 0.349 e. The molecule has 0 spiro atoms. The number of nitro benzene ring substituents is 1. The first kappa shape index (κ1) is 21.1. The highest BCUT2D eigenvalue weighted by Crippen LogP contribution is 2.23. The van der Waals surface area contributed by atoms with Crippen LogP contribution < -0.4 is 10.1 Å². The maximum Gasteiger partial charge on any atom is 0.349 e. The van der Waals surface area contributed by atoms with Crippen LogP contribution in [0.4, 0.5) is 11.4 Å². The number of hydrogen-bond acceptors (Lipinski definition) is 7. The molecule has 0 unspecified atom stereocenters. The standard InChI is InChI=1S/C20H17N3O6/c1-13(19(24)22-17-8-3-4-9-18(17)23(26)27)29-20(25)15(12-21)10-14-6-5-7-16(11-14)28-2/h3-11,13H,1-2H3,(H,22,24)/b15-10+/t13-/m0/s1. The van der Waals surface area contributed by atoms with Gasteiger partial charge in [0.2, 0.25) is 0 Å². The van der Waals surface area contributed by atoms with E-state index in [2.05, 4.69) is 5.32 Å². The van der Waals surface area contributed by atoms with E-state index in [9.17, 15) is 25.0 Å². The lowest BCUT2D eigenvalue weighted by Gasteiger charge is -2.13. The third kappa shape index (κ3) is 5.64. The van der Waals surface area contributed by atoms with Crippen LogP contribution in [0.2, 0.25) is 0 Å². The Bertz CT molecular complexity index is 1010. The first-order valence-corrected chi connectivity index (χ1v) is 8.36. The number of hydrogen-bond donors (Lipinski definition) is 1. The Morgan fingerprint density at radius 3 is 2.62 bits per heavy atom. The van der Waals surface area contributed by atoms with Crippen molar-refractivity contribution in [2.45, 2.75) is 13.0 Å². The number of carbonyl (C=O) groups excluding carboxylic acids is 2. The van der Waals surface area contributed by atoms with Gasteiger partial charge in [-0.05, 0) is 36.8 Å². The number of nitrogens with zero attached hydrogens (tertiary/aromatic N) is 2. The van der Waals surface area contributed by atoms with E-state index < -0.39 is 22.9 Å². The van der Waals surface area contributed by atoms with Crippen molar-refractivity contribution >= 4 is 29.3 Å². The lowest BCUT2D eigenvalue weighted by Crippen LogP contribution is -2.30. The molecule has 1 atom stereocenters. The van der Waals surface area contributed by atoms with Crippen molar-refractivity contribution in [2.24, 2.45) is 0 Å². The van der Waals surface area contributed by atoms with Crippen molar-refractivity contribution in [1.29, 1.82) is 5.26 Å². The molecule has 1 N–H and O–H groups in total. The maximum absolute atomic E-state index is 12.2. The maximum atomic E-state index is 12.2. The molecule has 0 saturated heterocycles. The second kappa shape index (κ2) is 9.66. The summed E-state index contributed by atoms with van der Waals surface area (Å²) >= 11 is 0. The molecule has 2 aromatic carbocycles. The number of rotatable bonds is 7. The summed E-state index contributed by atoms with van der Waals surface area (Å²) in [5.74, 6) is -1.23. The Hall–Kier alpha value is -4.19. The number of benzene rings is 2. The van der Waals surface area contributed by atoms with Crippen LogP contribution in [-0.2, 0) is 14.3 Å². The summed E-state index contributed by atoms with van der Waals surface area (Å²) in [5.41, 5.74) is -0.105. The van der Waals surface area contributed by atoms with Gasteiger partial charge in [-0.3, -0.25) is 14.9 Å². The quantitative estimate of drug-likeness (QED) is 0.250. The van der Waals surface area contributed by atoms with Crippen LogP contribution >= 0.6 is 0 Å². The summed E-state index contributed by atoms with van der Waals surface area (Å²) in [6, 6.07) is 14.0. The van der Waals surface area contributed by atoms with Gasteiger partial charge in [-0.25, -0.2) is 4.79 Å². The van der Waals surface area contributed by atoms with Gasteiger partial charge in [0.25, 0.3) is 11.6 Å². The normalized spacial score (nSPS) is 11.7. The summed E-state index contributed by atoms with van der Waals surface area (Å²) in [4.78, 5) is 34.9. The van der Waals surface area contributed by atoms with E-state index in [1.54, 1.807) is 30.3 Å². The molecule has 0 bridgehead atoms. The Morgan fingerprint density at radius 1 is 1.24 bits per heavy atom. The summed E-state index contributed by atoms with van der Waals surface area (Å²) in [6.07, 6.45) is 0.0155. The van der Waals surface area contributed by atoms with Crippen molar-refractivity contribution in [3.05, 3.63) is 69.8 Å². The van der Waals surface area contributed by atoms with Gasteiger partial charge in [0.15, 0.2) is 6.10 Å². The molecule has 2 aromatic rings. The van der Waals surface area contributed by atoms with Gasteiger partial charge in [0.1, 0.15) is 23.1 Å². The molecule has 0 heterocycles. The Labute approximate surface area is 166 Å². The number of methoxy groups -OCH3 is 1. The molecule has 1 amide bonds. The van der Waals surface area contributed by atoms with Crippen LogP contribution in [0.1, 0.15) is 12.5 Å². The highest BCUT2D eigenvalue weighted by atomic mass is 16.6. The van der Waals surface area contributed by atoms with E-state index in [0.717, 1.165) is 0 Å². The molecule has 9 heteroatoms. The second-order valence-corrected chi connectivity index (χ2v) is 5.76. The fourth-order valence-electron chi connectivity index (χ4n) is 2.29. The number of nitrogens with one attached hydrogen (secondary N) is 1. The highest BCUT2D eigenvalue weighted by molar-refractivity contribution is 6.01. The average molecular weight is 395 g/mol. The van der Waals surface area contributed by atoms with Crippen LogP contribution in [0, 0.1) is 21.4 Å². The number of carbonyl (C=O) groups is 2. The molecule has 0 radical (unpaired) electrons. The lowest BCUT2D eigenvalue weighted by molar-refractivity contribution is -0.383. The molecule has 0 aliphatic carbocycles. The minimum atomic E-state index is -1.29. The SMILES string of the molecule is COc1cccc(/C=C(\C#N)C(=O)O[C@@H](C)C(=O)Nc2ccccc2[N+](=O)[O-])c1. The number of esters is 1. The van der Waals surface area contributed by atoms with Crippen molar-refractivity contribution in [2.75, 3.05) is 12.4 Å². The minimum absolute atomic E-state index is 0.0298. The zero-order valence-corrected chi connectivity index (χ0v) is 15.6. The summed E-state index contributed by atoms with van der Waals surface area (Å²) < 4.78 is 10.1. The Kier molecular flexibility index (Phi) is 7.03. The molecule has 29 heavy (non-hydrogen) atoms. The number of amides is 1. The fraction of sp³-hybridized carbons (Fsp3) is 0.150. The zero-order chi connectivity index (χ0) is 21.4. The summed E-state index contributed by atoms with van der Waals surface area (Å²) in [5, 5.41) is 22.6. The number of para-hydroxylation sites is 2. The van der Waals surface area contributed by atoms with Crippen LogP contribution in [-0.4, -0.2) is 30.0 Å². The lowest BCUT2D eigenvalue weighted by atomic mass is 10.1. The third-order valence-electron chi connectivity index (χ3n) is 3.76. The predicted octanol–water partition coefficient (Wildman–Crippen LogP) is 3.08. The van der Waals surface area contributed by atoms with E-state index >= 15 is 0 Å². The largest absolute Gasteiger partial charge is 0.497 e. The van der Waals surface area contributed by atoms with Gasteiger partial charge >= 0.3 is 5.97 Å². The van der Waals surface area contributed by atoms with Crippen molar-refractivity contribution in [3.63, 3.8) is 0 Å². The van der Waals surface area contributed by atoms with Crippen LogP contribution in [0.25, 0.3) is 6.08 Å². The first-order valence-electron chi connectivity index (χ1n) is 8.36. The molecule has 9 nitrogen and oxygen atoms in total. The number of nitro groups is 1. The van der Waals surface area contributed by atoms with Crippen molar-refractivity contribution in [1.82, 2.24) is 0 Å². The van der Waals surface area contributed by atoms with Crippen LogP contribution in [0.15, 0.2) is 54.1 Å². The molecular weight excluding hydrogens is 378 g/mol. The number of nitriles is 1. The molecule has 0 aliphatic rings. The average Bonchev–Trinajstić information content (AvgIpc) is 2.72. The van der Waals surface area contributed by atoms with Gasteiger partial charge in [-0.2, -0.15) is 5.26 Å². The first-order chi connectivity index (χ1) is 13.8. The molecular formula is C20H17N3O6. The predicted molar refractivity (Wildman–Crippen MR) is 104 cm³/mol. The van der Waals surface area contributed by atoms with Gasteiger partial charge in [0.05, 0.1) is 12.0 Å². The zero-order valence-electron chi connectivity index (χ0n) is 15.6. The number of anilines is 1. The van der Waals surface area contributed by atoms with Gasteiger partial charge in [0, 0.05) is 6.07 Å². The van der Waals surface area contributed by atoms with Crippen LogP contribution in [0.5, 0.6) is 5.75 Å². The van der Waals surface area contributed by atoms with Crippen molar-refractivity contribution in [3.8, 4) is 11.8 Å². The van der Waals surface area contributed by atoms with Crippen LogP contribution in [0.3, 0.4) is 0 Å². The molecule has 148 valence electrons. The molecule has 0 saturated carbocycles. The van der Waals surface area contributed by atoms with Gasteiger partial charge < -0.3 is 14.8 Å². The molecule has 2 rings (SSSR count). The van der Waals surface area contributed by atoms with Crippen molar-refractivity contribution < 1.29 is 24.0 Å². The molecule has 0 fully saturated rings. The minimum Gasteiger partial charge on any atom is -0.497 e. The van der Waals surface area contributed by atoms with E-state index in [-0.39, 0.29) is 16.9 Å². The van der Waals surface area contributed by atoms with E-state index in [1.807, 2.05) is 0 Å². The number of ether oxygens (including phenoxy) is 2. The van der Waals surface area contributed by atoms with Gasteiger partial charge in [-0.1, -0.05) is 24.3 Å². The highest BCUT2D eigenvalue weighted by Gasteiger charge is 2.23.